The van der Waals surface area contributed by atoms with Gasteiger partial charge in [-0.15, -0.1) is 0 Å². The zero-order valence-corrected chi connectivity index (χ0v) is 11.3. The first-order valence-corrected chi connectivity index (χ1v) is 5.70. The number of esters is 1. The van der Waals surface area contributed by atoms with E-state index in [4.69, 9.17) is 27.9 Å². The third kappa shape index (κ3) is 2.69. The molecule has 0 aliphatic heterocycles. The number of ether oxygens (including phenoxy) is 1. The molecular formula is C11H15Cl2NO2. The van der Waals surface area contributed by atoms with Crippen molar-refractivity contribution >= 4 is 29.2 Å². The van der Waals surface area contributed by atoms with Crippen molar-refractivity contribution in [2.75, 3.05) is 6.61 Å². The highest BCUT2D eigenvalue weighted by molar-refractivity contribution is 6.40. The van der Waals surface area contributed by atoms with Crippen molar-refractivity contribution in [3.05, 3.63) is 10.1 Å². The summed E-state index contributed by atoms with van der Waals surface area (Å²) in [4.78, 5) is 11.9. The highest BCUT2D eigenvalue weighted by Gasteiger charge is 2.47. The van der Waals surface area contributed by atoms with Crippen LogP contribution in [0.1, 0.15) is 27.7 Å². The van der Waals surface area contributed by atoms with Crippen LogP contribution in [0.5, 0.6) is 0 Å². The standard InChI is InChI=1S/C11H15Cl2NO2/c1-5-16-10(15)11(6-14,7(2)3)9(13)8(4)12/h7H,5H2,1-4H3. The van der Waals surface area contributed by atoms with E-state index in [1.54, 1.807) is 20.8 Å². The highest BCUT2D eigenvalue weighted by Crippen LogP contribution is 2.41. The monoisotopic (exact) mass is 263 g/mol. The van der Waals surface area contributed by atoms with Crippen molar-refractivity contribution in [2.24, 2.45) is 11.3 Å². The van der Waals surface area contributed by atoms with Crippen LogP contribution in [0.3, 0.4) is 0 Å². The Morgan fingerprint density at radius 1 is 1.50 bits per heavy atom. The summed E-state index contributed by atoms with van der Waals surface area (Å²) in [6.45, 7) is 6.86. The normalized spacial score (nSPS) is 16.1. The Morgan fingerprint density at radius 3 is 2.25 bits per heavy atom. The molecular weight excluding hydrogens is 249 g/mol. The lowest BCUT2D eigenvalue weighted by molar-refractivity contribution is -0.151. The van der Waals surface area contributed by atoms with Gasteiger partial charge in [0, 0.05) is 5.03 Å². The number of rotatable bonds is 4. The summed E-state index contributed by atoms with van der Waals surface area (Å²) in [5.41, 5.74) is -1.51. The Morgan fingerprint density at radius 2 is 2.00 bits per heavy atom. The van der Waals surface area contributed by atoms with Gasteiger partial charge in [0.25, 0.3) is 0 Å². The molecule has 0 bridgehead atoms. The van der Waals surface area contributed by atoms with Gasteiger partial charge in [-0.25, -0.2) is 4.79 Å². The molecule has 0 spiro atoms. The summed E-state index contributed by atoms with van der Waals surface area (Å²) in [7, 11) is 0. The van der Waals surface area contributed by atoms with E-state index in [1.165, 1.54) is 6.92 Å². The van der Waals surface area contributed by atoms with Crippen LogP contribution in [-0.2, 0) is 9.53 Å². The molecule has 0 fully saturated rings. The Bertz CT molecular complexity index is 340. The third-order valence-electron chi connectivity index (χ3n) is 2.29. The van der Waals surface area contributed by atoms with Crippen LogP contribution < -0.4 is 0 Å². The second-order valence-corrected chi connectivity index (χ2v) is 4.59. The molecule has 1 unspecified atom stereocenters. The van der Waals surface area contributed by atoms with E-state index in [1.807, 2.05) is 6.07 Å². The van der Waals surface area contributed by atoms with E-state index in [0.717, 1.165) is 0 Å². The van der Waals surface area contributed by atoms with Crippen molar-refractivity contribution in [2.45, 2.75) is 27.7 Å². The van der Waals surface area contributed by atoms with Gasteiger partial charge in [0.15, 0.2) is 5.41 Å². The molecule has 0 amide bonds. The Hall–Kier alpha value is -0.720. The first kappa shape index (κ1) is 15.3. The first-order valence-electron chi connectivity index (χ1n) is 4.95. The molecule has 0 aromatic heterocycles. The molecule has 1 atom stereocenters. The van der Waals surface area contributed by atoms with Gasteiger partial charge in [-0.3, -0.25) is 0 Å². The Kier molecular flexibility index (Phi) is 5.85. The topological polar surface area (TPSA) is 50.1 Å². The van der Waals surface area contributed by atoms with Gasteiger partial charge in [0.05, 0.1) is 17.7 Å². The number of nitrogens with zero attached hydrogens (tertiary/aromatic N) is 1. The average Bonchev–Trinajstić information content (AvgIpc) is 2.19. The Balaban J connectivity index is 5.64. The summed E-state index contributed by atoms with van der Waals surface area (Å²) in [6, 6.07) is 1.93. The van der Waals surface area contributed by atoms with Gasteiger partial charge in [-0.05, 0) is 19.8 Å². The highest BCUT2D eigenvalue weighted by atomic mass is 35.5. The predicted molar refractivity (Wildman–Crippen MR) is 63.9 cm³/mol. The summed E-state index contributed by atoms with van der Waals surface area (Å²) in [5.74, 6) is -0.977. The molecule has 0 aromatic rings. The molecule has 0 radical (unpaired) electrons. The molecule has 0 heterocycles. The number of halogens is 2. The van der Waals surface area contributed by atoms with Crippen LogP contribution in [0.25, 0.3) is 0 Å². The van der Waals surface area contributed by atoms with Crippen molar-refractivity contribution < 1.29 is 9.53 Å². The molecule has 0 aliphatic rings. The lowest BCUT2D eigenvalue weighted by Gasteiger charge is -2.28. The third-order valence-corrected chi connectivity index (χ3v) is 3.16. The minimum atomic E-state index is -1.51. The van der Waals surface area contributed by atoms with Crippen molar-refractivity contribution in [1.82, 2.24) is 0 Å². The van der Waals surface area contributed by atoms with Crippen LogP contribution >= 0.6 is 23.2 Å². The van der Waals surface area contributed by atoms with Crippen LogP contribution in [-0.4, -0.2) is 12.6 Å². The zero-order chi connectivity index (χ0) is 12.9. The van der Waals surface area contributed by atoms with Crippen molar-refractivity contribution in [1.29, 1.82) is 5.26 Å². The van der Waals surface area contributed by atoms with Gasteiger partial charge in [-0.1, -0.05) is 37.0 Å². The van der Waals surface area contributed by atoms with Gasteiger partial charge in [0.1, 0.15) is 0 Å². The average molecular weight is 264 g/mol. The number of carbonyl (C=O) groups excluding carboxylic acids is 1. The fraction of sp³-hybridized carbons (Fsp3) is 0.636. The number of allylic oxidation sites excluding steroid dienone is 1. The molecule has 3 nitrogen and oxygen atoms in total. The van der Waals surface area contributed by atoms with Gasteiger partial charge >= 0.3 is 5.97 Å². The largest absolute Gasteiger partial charge is 0.465 e. The lowest BCUT2D eigenvalue weighted by Crippen LogP contribution is -2.37. The second kappa shape index (κ2) is 6.12. The van der Waals surface area contributed by atoms with Gasteiger partial charge in [-0.2, -0.15) is 5.26 Å². The fourth-order valence-electron chi connectivity index (χ4n) is 1.32. The minimum Gasteiger partial charge on any atom is -0.465 e. The molecule has 0 rings (SSSR count). The van der Waals surface area contributed by atoms with E-state index in [0.29, 0.717) is 0 Å². The summed E-state index contributed by atoms with van der Waals surface area (Å²) < 4.78 is 4.89. The van der Waals surface area contributed by atoms with Gasteiger partial charge in [0.2, 0.25) is 0 Å². The lowest BCUT2D eigenvalue weighted by atomic mass is 9.78. The zero-order valence-electron chi connectivity index (χ0n) is 9.80. The molecule has 0 aromatic carbocycles. The number of hydrogen-bond donors (Lipinski definition) is 0. The maximum atomic E-state index is 11.9. The smallest absolute Gasteiger partial charge is 0.332 e. The van der Waals surface area contributed by atoms with Crippen LogP contribution in [0.4, 0.5) is 0 Å². The molecule has 0 N–H and O–H groups in total. The van der Waals surface area contributed by atoms with Crippen LogP contribution in [0.15, 0.2) is 10.1 Å². The first-order chi connectivity index (χ1) is 7.34. The van der Waals surface area contributed by atoms with Gasteiger partial charge < -0.3 is 4.74 Å². The molecule has 0 aliphatic carbocycles. The van der Waals surface area contributed by atoms with E-state index in [2.05, 4.69) is 0 Å². The van der Waals surface area contributed by atoms with Crippen molar-refractivity contribution in [3.63, 3.8) is 0 Å². The van der Waals surface area contributed by atoms with Crippen LogP contribution in [0.2, 0.25) is 0 Å². The molecule has 0 saturated carbocycles. The van der Waals surface area contributed by atoms with Crippen molar-refractivity contribution in [3.8, 4) is 6.07 Å². The SMILES string of the molecule is CCOC(=O)C(C#N)(C(Cl)=C(C)Cl)C(C)C. The Labute approximate surface area is 106 Å². The maximum Gasteiger partial charge on any atom is 0.332 e. The second-order valence-electron chi connectivity index (χ2n) is 3.64. The van der Waals surface area contributed by atoms with Crippen LogP contribution in [0, 0.1) is 22.7 Å². The molecule has 0 saturated heterocycles. The minimum absolute atomic E-state index is 0.0325. The number of hydrogen-bond acceptors (Lipinski definition) is 3. The predicted octanol–water partition coefficient (Wildman–Crippen LogP) is 3.42. The molecule has 16 heavy (non-hydrogen) atoms. The maximum absolute atomic E-state index is 11.9. The molecule has 90 valence electrons. The van der Waals surface area contributed by atoms with E-state index in [9.17, 15) is 10.1 Å². The fourth-order valence-corrected chi connectivity index (χ4v) is 1.81. The van der Waals surface area contributed by atoms with E-state index < -0.39 is 11.4 Å². The quantitative estimate of drug-likeness (QED) is 0.731. The summed E-state index contributed by atoms with van der Waals surface area (Å²) in [6.07, 6.45) is 0. The summed E-state index contributed by atoms with van der Waals surface area (Å²) in [5, 5.41) is 9.49. The molecule has 5 heteroatoms. The summed E-state index contributed by atoms with van der Waals surface area (Å²) >= 11 is 11.8. The number of carbonyl (C=O) groups is 1. The van der Waals surface area contributed by atoms with E-state index >= 15 is 0 Å². The van der Waals surface area contributed by atoms with E-state index in [-0.39, 0.29) is 22.6 Å². The number of nitriles is 1.